The Morgan fingerprint density at radius 3 is 2.42 bits per heavy atom. The zero-order valence-corrected chi connectivity index (χ0v) is 12.9. The topological polar surface area (TPSA) is 58.6 Å². The van der Waals surface area contributed by atoms with Crippen LogP contribution in [0.25, 0.3) is 0 Å². The van der Waals surface area contributed by atoms with Gasteiger partial charge in [-0.1, -0.05) is 13.8 Å². The maximum Gasteiger partial charge on any atom is 0.305 e. The number of esters is 1. The highest BCUT2D eigenvalue weighted by atomic mass is 16.5. The van der Waals surface area contributed by atoms with Crippen molar-refractivity contribution in [3.63, 3.8) is 0 Å². The summed E-state index contributed by atoms with van der Waals surface area (Å²) in [5.41, 5.74) is 0. The molecular formula is C14H28N2O3. The van der Waals surface area contributed by atoms with Crippen molar-refractivity contribution >= 4 is 11.9 Å². The fourth-order valence-corrected chi connectivity index (χ4v) is 1.60. The molecule has 0 fully saturated rings. The minimum absolute atomic E-state index is 0.0428. The van der Waals surface area contributed by atoms with Gasteiger partial charge in [-0.25, -0.2) is 0 Å². The van der Waals surface area contributed by atoms with Gasteiger partial charge in [0.1, 0.15) is 0 Å². The molecule has 1 atom stereocenters. The molecule has 0 aliphatic rings. The van der Waals surface area contributed by atoms with Crippen LogP contribution in [0.2, 0.25) is 0 Å². The lowest BCUT2D eigenvalue weighted by Gasteiger charge is -2.23. The summed E-state index contributed by atoms with van der Waals surface area (Å²) in [5, 5.41) is 2.93. The highest BCUT2D eigenvalue weighted by molar-refractivity contribution is 5.81. The molecule has 112 valence electrons. The first-order valence-electron chi connectivity index (χ1n) is 6.93. The summed E-state index contributed by atoms with van der Waals surface area (Å²) in [6.45, 7) is 7.57. The molecule has 0 bridgehead atoms. The predicted octanol–water partition coefficient (Wildman–Crippen LogP) is 1.42. The standard InChI is InChI=1S/C14H28N2O3/c1-11(2)8-9-15-14(18)12(3)16(4)10-6-7-13(17)19-5/h11-12H,6-10H2,1-5H3,(H,15,18). The summed E-state index contributed by atoms with van der Waals surface area (Å²) >= 11 is 0. The van der Waals surface area contributed by atoms with Crippen molar-refractivity contribution in [3.8, 4) is 0 Å². The Morgan fingerprint density at radius 1 is 1.26 bits per heavy atom. The van der Waals surface area contributed by atoms with Crippen LogP contribution in [0.5, 0.6) is 0 Å². The van der Waals surface area contributed by atoms with E-state index in [-0.39, 0.29) is 17.9 Å². The Balaban J connectivity index is 3.87. The smallest absolute Gasteiger partial charge is 0.305 e. The first-order valence-corrected chi connectivity index (χ1v) is 6.93. The lowest BCUT2D eigenvalue weighted by molar-refractivity contribution is -0.140. The van der Waals surface area contributed by atoms with Crippen LogP contribution in [0.15, 0.2) is 0 Å². The number of rotatable bonds is 9. The molecule has 19 heavy (non-hydrogen) atoms. The van der Waals surface area contributed by atoms with Gasteiger partial charge < -0.3 is 10.1 Å². The van der Waals surface area contributed by atoms with Crippen molar-refractivity contribution in [1.29, 1.82) is 0 Å². The molecule has 1 unspecified atom stereocenters. The second-order valence-electron chi connectivity index (χ2n) is 5.31. The minimum Gasteiger partial charge on any atom is -0.469 e. The van der Waals surface area contributed by atoms with Gasteiger partial charge in [0.15, 0.2) is 0 Å². The van der Waals surface area contributed by atoms with E-state index >= 15 is 0 Å². The van der Waals surface area contributed by atoms with Gasteiger partial charge in [0.05, 0.1) is 13.2 Å². The van der Waals surface area contributed by atoms with Crippen LogP contribution in [-0.4, -0.2) is 50.1 Å². The van der Waals surface area contributed by atoms with Crippen LogP contribution in [0.3, 0.4) is 0 Å². The van der Waals surface area contributed by atoms with Gasteiger partial charge >= 0.3 is 5.97 Å². The van der Waals surface area contributed by atoms with Crippen LogP contribution >= 0.6 is 0 Å². The van der Waals surface area contributed by atoms with E-state index in [0.29, 0.717) is 25.3 Å². The number of methoxy groups -OCH3 is 1. The highest BCUT2D eigenvalue weighted by Gasteiger charge is 2.17. The Bertz CT molecular complexity index is 280. The van der Waals surface area contributed by atoms with Crippen LogP contribution in [0.1, 0.15) is 40.0 Å². The van der Waals surface area contributed by atoms with E-state index in [2.05, 4.69) is 23.9 Å². The van der Waals surface area contributed by atoms with E-state index in [4.69, 9.17) is 0 Å². The number of ether oxygens (including phenoxy) is 1. The average molecular weight is 272 g/mol. The van der Waals surface area contributed by atoms with Gasteiger partial charge in [-0.15, -0.1) is 0 Å². The van der Waals surface area contributed by atoms with Crippen molar-refractivity contribution in [2.75, 3.05) is 27.2 Å². The fraction of sp³-hybridized carbons (Fsp3) is 0.857. The number of hydrogen-bond donors (Lipinski definition) is 1. The number of amides is 1. The van der Waals surface area contributed by atoms with Gasteiger partial charge in [-0.2, -0.15) is 0 Å². The molecule has 0 aromatic rings. The summed E-state index contributed by atoms with van der Waals surface area (Å²) in [7, 11) is 3.28. The van der Waals surface area contributed by atoms with Crippen LogP contribution in [0.4, 0.5) is 0 Å². The van der Waals surface area contributed by atoms with Gasteiger partial charge in [-0.3, -0.25) is 14.5 Å². The van der Waals surface area contributed by atoms with Crippen LogP contribution in [-0.2, 0) is 14.3 Å². The van der Waals surface area contributed by atoms with Crippen molar-refractivity contribution < 1.29 is 14.3 Å². The van der Waals surface area contributed by atoms with Crippen molar-refractivity contribution in [2.24, 2.45) is 5.92 Å². The maximum absolute atomic E-state index is 11.9. The summed E-state index contributed by atoms with van der Waals surface area (Å²) in [6.07, 6.45) is 2.08. The van der Waals surface area contributed by atoms with Crippen molar-refractivity contribution in [1.82, 2.24) is 10.2 Å². The lowest BCUT2D eigenvalue weighted by Crippen LogP contribution is -2.44. The van der Waals surface area contributed by atoms with E-state index in [0.717, 1.165) is 13.0 Å². The highest BCUT2D eigenvalue weighted by Crippen LogP contribution is 2.01. The van der Waals surface area contributed by atoms with Crippen LogP contribution in [0, 0.1) is 5.92 Å². The van der Waals surface area contributed by atoms with Crippen molar-refractivity contribution in [2.45, 2.75) is 46.1 Å². The Morgan fingerprint density at radius 2 is 1.89 bits per heavy atom. The van der Waals surface area contributed by atoms with Crippen LogP contribution < -0.4 is 5.32 Å². The third-order valence-corrected chi connectivity index (χ3v) is 3.18. The molecule has 0 rings (SSSR count). The largest absolute Gasteiger partial charge is 0.469 e. The monoisotopic (exact) mass is 272 g/mol. The lowest BCUT2D eigenvalue weighted by atomic mass is 10.1. The van der Waals surface area contributed by atoms with E-state index in [1.807, 2.05) is 18.9 Å². The Labute approximate surface area is 116 Å². The van der Waals surface area contributed by atoms with E-state index in [9.17, 15) is 9.59 Å². The average Bonchev–Trinajstić information content (AvgIpc) is 2.36. The third-order valence-electron chi connectivity index (χ3n) is 3.18. The number of hydrogen-bond acceptors (Lipinski definition) is 4. The summed E-state index contributed by atoms with van der Waals surface area (Å²) in [4.78, 5) is 24.8. The SMILES string of the molecule is COC(=O)CCCN(C)C(C)C(=O)NCCC(C)C. The van der Waals surface area contributed by atoms with Gasteiger partial charge in [-0.05, 0) is 39.3 Å². The molecular weight excluding hydrogens is 244 g/mol. The normalized spacial score (nSPS) is 12.6. The zero-order valence-electron chi connectivity index (χ0n) is 12.9. The molecule has 5 heteroatoms. The third kappa shape index (κ3) is 8.59. The molecule has 0 aromatic carbocycles. The fourth-order valence-electron chi connectivity index (χ4n) is 1.60. The Kier molecular flexibility index (Phi) is 9.21. The van der Waals surface area contributed by atoms with E-state index < -0.39 is 0 Å². The molecule has 0 saturated heterocycles. The molecule has 0 aliphatic heterocycles. The second kappa shape index (κ2) is 9.78. The molecule has 0 aromatic heterocycles. The first kappa shape index (κ1) is 17.9. The molecule has 0 aliphatic carbocycles. The van der Waals surface area contributed by atoms with Gasteiger partial charge in [0, 0.05) is 13.0 Å². The summed E-state index contributed by atoms with van der Waals surface area (Å²) in [5.74, 6) is 0.428. The quantitative estimate of drug-likeness (QED) is 0.645. The molecule has 0 spiro atoms. The van der Waals surface area contributed by atoms with Crippen molar-refractivity contribution in [3.05, 3.63) is 0 Å². The predicted molar refractivity (Wildman–Crippen MR) is 75.8 cm³/mol. The van der Waals surface area contributed by atoms with Gasteiger partial charge in [0.25, 0.3) is 0 Å². The Hall–Kier alpha value is -1.10. The molecule has 5 nitrogen and oxygen atoms in total. The number of likely N-dealkylation sites (N-methyl/N-ethyl adjacent to an activating group) is 1. The van der Waals surface area contributed by atoms with Gasteiger partial charge in [0.2, 0.25) is 5.91 Å². The zero-order chi connectivity index (χ0) is 14.8. The molecule has 1 amide bonds. The number of carbonyl (C=O) groups excluding carboxylic acids is 2. The summed E-state index contributed by atoms with van der Waals surface area (Å²) in [6, 6.07) is -0.176. The molecule has 1 N–H and O–H groups in total. The maximum atomic E-state index is 11.9. The minimum atomic E-state index is -0.206. The number of carbonyl (C=O) groups is 2. The van der Waals surface area contributed by atoms with E-state index in [1.54, 1.807) is 0 Å². The molecule has 0 heterocycles. The summed E-state index contributed by atoms with van der Waals surface area (Å²) < 4.78 is 4.58. The number of nitrogens with one attached hydrogen (secondary N) is 1. The first-order chi connectivity index (χ1) is 8.88. The molecule has 0 radical (unpaired) electrons. The molecule has 0 saturated carbocycles. The van der Waals surface area contributed by atoms with E-state index in [1.165, 1.54) is 7.11 Å². The number of nitrogens with zero attached hydrogens (tertiary/aromatic N) is 1. The second-order valence-corrected chi connectivity index (χ2v) is 5.31.